The van der Waals surface area contributed by atoms with Gasteiger partial charge in [0.25, 0.3) is 0 Å². The molecule has 3 aromatic rings. The van der Waals surface area contributed by atoms with Crippen molar-refractivity contribution in [3.63, 3.8) is 0 Å². The van der Waals surface area contributed by atoms with E-state index in [1.165, 1.54) is 0 Å². The third kappa shape index (κ3) is 2.89. The van der Waals surface area contributed by atoms with Crippen LogP contribution in [0.2, 0.25) is 5.02 Å². The van der Waals surface area contributed by atoms with E-state index in [1.807, 2.05) is 18.2 Å². The first-order valence-electron chi connectivity index (χ1n) is 8.40. The lowest BCUT2D eigenvalue weighted by Gasteiger charge is -2.33. The molecule has 0 spiro atoms. The molecule has 1 aromatic heterocycles. The highest BCUT2D eigenvalue weighted by molar-refractivity contribution is 6.38. The van der Waals surface area contributed by atoms with Crippen LogP contribution in [0.1, 0.15) is 52.7 Å². The molecule has 25 heavy (non-hydrogen) atoms. The molecule has 0 bridgehead atoms. The van der Waals surface area contributed by atoms with E-state index < -0.39 is 0 Å². The Morgan fingerprint density at radius 2 is 1.48 bits per heavy atom. The van der Waals surface area contributed by atoms with Crippen LogP contribution in [0, 0.1) is 0 Å². The Hall–Kier alpha value is -2.07. The van der Waals surface area contributed by atoms with Gasteiger partial charge in [-0.05, 0) is 32.7 Å². The number of benzene rings is 2. The Morgan fingerprint density at radius 3 is 2.00 bits per heavy atom. The van der Waals surface area contributed by atoms with E-state index >= 15 is 0 Å². The van der Waals surface area contributed by atoms with E-state index in [9.17, 15) is 5.21 Å². The maximum Gasteiger partial charge on any atom is 0.136 e. The van der Waals surface area contributed by atoms with Crippen molar-refractivity contribution in [2.45, 2.75) is 52.4 Å². The average molecular weight is 358 g/mol. The first-order valence-corrected chi connectivity index (χ1v) is 8.77. The normalized spacial score (nSPS) is 12.8. The molecule has 0 unspecified atom stereocenters. The van der Waals surface area contributed by atoms with Crippen LogP contribution in [0.5, 0.6) is 0 Å². The summed E-state index contributed by atoms with van der Waals surface area (Å²) in [5.41, 5.74) is 4.84. The summed E-state index contributed by atoms with van der Waals surface area (Å²) in [6.07, 6.45) is 0. The Morgan fingerprint density at radius 1 is 0.920 bits per heavy atom. The summed E-state index contributed by atoms with van der Waals surface area (Å²) in [5, 5.41) is 18.8. The molecule has 2 aromatic carbocycles. The molecular weight excluding hydrogens is 334 g/mol. The molecule has 0 aliphatic heterocycles. The van der Waals surface area contributed by atoms with E-state index in [4.69, 9.17) is 11.6 Å². The number of rotatable bonds is 1. The standard InChI is InChI=1S/C20H24ClN3O/c1-19(2,3)14-13(12-10-8-7-9-11-12)16(21)17-18(24(25)23-22-17)15(14)20(4,5)6/h7-11,25H,1-6H3. The van der Waals surface area contributed by atoms with Gasteiger partial charge in [-0.3, -0.25) is 0 Å². The van der Waals surface area contributed by atoms with Gasteiger partial charge in [-0.15, -0.1) is 5.10 Å². The lowest BCUT2D eigenvalue weighted by atomic mass is 9.71. The highest BCUT2D eigenvalue weighted by Crippen LogP contribution is 2.47. The largest absolute Gasteiger partial charge is 0.410 e. The van der Waals surface area contributed by atoms with Gasteiger partial charge in [0.05, 0.1) is 5.02 Å². The fourth-order valence-corrected chi connectivity index (χ4v) is 3.80. The predicted molar refractivity (Wildman–Crippen MR) is 103 cm³/mol. The van der Waals surface area contributed by atoms with Crippen LogP contribution in [0.3, 0.4) is 0 Å². The summed E-state index contributed by atoms with van der Waals surface area (Å²) in [4.78, 5) is 0.853. The number of aromatic nitrogens is 3. The van der Waals surface area contributed by atoms with Crippen LogP contribution in [-0.2, 0) is 10.8 Å². The summed E-state index contributed by atoms with van der Waals surface area (Å²) in [6, 6.07) is 10.1. The molecule has 0 fully saturated rings. The summed E-state index contributed by atoms with van der Waals surface area (Å²) in [6.45, 7) is 12.9. The van der Waals surface area contributed by atoms with Gasteiger partial charge in [0.15, 0.2) is 0 Å². The molecule has 4 nitrogen and oxygen atoms in total. The van der Waals surface area contributed by atoms with E-state index in [0.717, 1.165) is 27.1 Å². The van der Waals surface area contributed by atoms with Crippen LogP contribution in [0.25, 0.3) is 22.2 Å². The van der Waals surface area contributed by atoms with Gasteiger partial charge in [-0.1, -0.05) is 88.3 Å². The smallest absolute Gasteiger partial charge is 0.136 e. The molecule has 0 amide bonds. The predicted octanol–water partition coefficient (Wildman–Crippen LogP) is 5.58. The summed E-state index contributed by atoms with van der Waals surface area (Å²) in [5.74, 6) is 0. The second-order valence-corrected chi connectivity index (χ2v) is 8.86. The second kappa shape index (κ2) is 5.73. The van der Waals surface area contributed by atoms with Gasteiger partial charge < -0.3 is 5.21 Å². The lowest BCUT2D eigenvalue weighted by molar-refractivity contribution is 0.154. The monoisotopic (exact) mass is 357 g/mol. The SMILES string of the molecule is CC(C)(C)c1c(-c2ccccc2)c(Cl)c2nnn(O)c2c1C(C)(C)C. The Balaban J connectivity index is 2.62. The number of hydrogen-bond donors (Lipinski definition) is 1. The summed E-state index contributed by atoms with van der Waals surface area (Å²) >= 11 is 6.80. The molecule has 132 valence electrons. The third-order valence-corrected chi connectivity index (χ3v) is 4.75. The first-order chi connectivity index (χ1) is 11.5. The fourth-order valence-electron chi connectivity index (χ4n) is 3.47. The van der Waals surface area contributed by atoms with Crippen LogP contribution >= 0.6 is 11.6 Å². The first kappa shape index (κ1) is 17.7. The van der Waals surface area contributed by atoms with Crippen LogP contribution in [0.15, 0.2) is 30.3 Å². The molecule has 0 aliphatic carbocycles. The van der Waals surface area contributed by atoms with Crippen LogP contribution < -0.4 is 0 Å². The molecule has 0 radical (unpaired) electrons. The van der Waals surface area contributed by atoms with Crippen molar-refractivity contribution in [1.29, 1.82) is 0 Å². The molecule has 3 rings (SSSR count). The minimum atomic E-state index is -0.225. The van der Waals surface area contributed by atoms with Gasteiger partial charge in [0, 0.05) is 5.56 Å². The number of hydrogen-bond acceptors (Lipinski definition) is 3. The number of halogens is 1. The van der Waals surface area contributed by atoms with Crippen molar-refractivity contribution in [1.82, 2.24) is 15.2 Å². The zero-order chi connectivity index (χ0) is 18.6. The van der Waals surface area contributed by atoms with Crippen molar-refractivity contribution in [2.24, 2.45) is 0 Å². The minimum absolute atomic E-state index is 0.185. The maximum atomic E-state index is 10.3. The van der Waals surface area contributed by atoms with Crippen LogP contribution in [0.4, 0.5) is 0 Å². The molecular formula is C20H24ClN3O. The van der Waals surface area contributed by atoms with E-state index in [1.54, 1.807) is 0 Å². The molecule has 5 heteroatoms. The maximum absolute atomic E-state index is 10.3. The Kier molecular flexibility index (Phi) is 4.07. The average Bonchev–Trinajstić information content (AvgIpc) is 2.88. The minimum Gasteiger partial charge on any atom is -0.410 e. The zero-order valence-corrected chi connectivity index (χ0v) is 16.3. The summed E-state index contributed by atoms with van der Waals surface area (Å²) in [7, 11) is 0. The highest BCUT2D eigenvalue weighted by atomic mass is 35.5. The van der Waals surface area contributed by atoms with Crippen LogP contribution in [-0.4, -0.2) is 20.4 Å². The highest BCUT2D eigenvalue weighted by Gasteiger charge is 2.35. The van der Waals surface area contributed by atoms with Crippen molar-refractivity contribution in [3.05, 3.63) is 46.5 Å². The van der Waals surface area contributed by atoms with Gasteiger partial charge in [-0.2, -0.15) is 0 Å². The molecule has 0 saturated heterocycles. The molecule has 0 atom stereocenters. The zero-order valence-electron chi connectivity index (χ0n) is 15.6. The Labute approximate surface area is 153 Å². The van der Waals surface area contributed by atoms with Gasteiger partial charge in [0.2, 0.25) is 0 Å². The number of fused-ring (bicyclic) bond motifs is 1. The van der Waals surface area contributed by atoms with E-state index in [-0.39, 0.29) is 10.8 Å². The Bertz CT molecular complexity index is 932. The van der Waals surface area contributed by atoms with Crippen molar-refractivity contribution in [2.75, 3.05) is 0 Å². The molecule has 1 heterocycles. The second-order valence-electron chi connectivity index (χ2n) is 8.48. The van der Waals surface area contributed by atoms with Crippen molar-refractivity contribution in [3.8, 4) is 11.1 Å². The lowest BCUT2D eigenvalue weighted by Crippen LogP contribution is -2.24. The van der Waals surface area contributed by atoms with Crippen molar-refractivity contribution < 1.29 is 5.21 Å². The quantitative estimate of drug-likeness (QED) is 0.578. The number of nitrogens with zero attached hydrogens (tertiary/aromatic N) is 3. The van der Waals surface area contributed by atoms with Gasteiger partial charge >= 0.3 is 0 Å². The van der Waals surface area contributed by atoms with E-state index in [2.05, 4.69) is 64.0 Å². The van der Waals surface area contributed by atoms with Gasteiger partial charge in [0.1, 0.15) is 11.0 Å². The molecule has 0 saturated carbocycles. The molecule has 1 N–H and O–H groups in total. The topological polar surface area (TPSA) is 50.9 Å². The van der Waals surface area contributed by atoms with Crippen molar-refractivity contribution >= 4 is 22.6 Å². The third-order valence-electron chi connectivity index (χ3n) is 4.38. The molecule has 0 aliphatic rings. The van der Waals surface area contributed by atoms with E-state index in [0.29, 0.717) is 16.1 Å². The fraction of sp³-hybridized carbons (Fsp3) is 0.400. The summed E-state index contributed by atoms with van der Waals surface area (Å²) < 4.78 is 0. The van der Waals surface area contributed by atoms with Gasteiger partial charge in [-0.25, -0.2) is 0 Å².